The second-order valence-corrected chi connectivity index (χ2v) is 9.57. The van der Waals surface area contributed by atoms with E-state index in [1.54, 1.807) is 33.9 Å². The third kappa shape index (κ3) is 4.71. The molecule has 0 unspecified atom stereocenters. The van der Waals surface area contributed by atoms with Gasteiger partial charge in [0, 0.05) is 35.3 Å². The Morgan fingerprint density at radius 1 is 0.683 bits per heavy atom. The zero-order valence-corrected chi connectivity index (χ0v) is 21.8. The van der Waals surface area contributed by atoms with Gasteiger partial charge in [0.15, 0.2) is 0 Å². The summed E-state index contributed by atoms with van der Waals surface area (Å²) in [5, 5.41) is 33.6. The van der Waals surface area contributed by atoms with E-state index in [-0.39, 0.29) is 5.56 Å². The average molecular weight is 545 g/mol. The van der Waals surface area contributed by atoms with Crippen LogP contribution in [-0.4, -0.2) is 78.9 Å². The van der Waals surface area contributed by atoms with E-state index in [1.807, 2.05) is 54.6 Å². The molecule has 7 rings (SSSR count). The molecule has 0 saturated heterocycles. The number of aromatic carboxylic acids is 1. The Balaban J connectivity index is 1.13. The van der Waals surface area contributed by atoms with E-state index < -0.39 is 5.97 Å². The molecule has 0 amide bonds. The lowest BCUT2D eigenvalue weighted by atomic mass is 10.0. The van der Waals surface area contributed by atoms with Gasteiger partial charge < -0.3 is 15.7 Å². The van der Waals surface area contributed by atoms with Crippen molar-refractivity contribution in [2.75, 3.05) is 26.2 Å². The maximum atomic E-state index is 12.3. The number of carboxylic acid groups (broad SMARTS) is 1. The summed E-state index contributed by atoms with van der Waals surface area (Å²) in [5.74, 6) is 0.701. The molecule has 202 valence electrons. The molecule has 3 aromatic carbocycles. The predicted octanol–water partition coefficient (Wildman–Crippen LogP) is 2.58. The van der Waals surface area contributed by atoms with Crippen LogP contribution in [-0.2, 0) is 0 Å². The SMILES string of the molecule is O=C(O)c1cc(-c2cn(-c3ccc(C4=NCCN4)cc3)nn2)ccc1-c1cn(-c2ccc(C3=NCCN3)cc2)nn1. The summed E-state index contributed by atoms with van der Waals surface area (Å²) in [5.41, 5.74) is 5.83. The lowest BCUT2D eigenvalue weighted by Gasteiger charge is -2.06. The molecule has 0 fully saturated rings. The minimum atomic E-state index is -1.07. The van der Waals surface area contributed by atoms with Crippen molar-refractivity contribution in [1.82, 2.24) is 40.6 Å². The number of hydrogen-bond donors (Lipinski definition) is 3. The number of carboxylic acids is 1. The van der Waals surface area contributed by atoms with Gasteiger partial charge in [0.25, 0.3) is 0 Å². The molecule has 0 spiro atoms. The summed E-state index contributed by atoms with van der Waals surface area (Å²) in [7, 11) is 0. The van der Waals surface area contributed by atoms with E-state index in [4.69, 9.17) is 0 Å². The molecule has 3 N–H and O–H groups in total. The first-order chi connectivity index (χ1) is 20.1. The Hall–Kier alpha value is -5.65. The van der Waals surface area contributed by atoms with Crippen LogP contribution in [0.1, 0.15) is 21.5 Å². The van der Waals surface area contributed by atoms with E-state index in [0.29, 0.717) is 22.5 Å². The van der Waals surface area contributed by atoms with Crippen molar-refractivity contribution >= 4 is 17.6 Å². The molecule has 2 aromatic heterocycles. The standard InChI is InChI=1S/C29H24N10O2/c40-29(41)24-15-20(25-16-38(36-34-25)21-6-1-18(2-7-21)27-30-11-12-31-27)5-10-23(24)26-17-39(37-35-26)22-8-3-19(4-9-22)28-32-13-14-33-28/h1-10,15-17H,11-14H2,(H,30,31)(H,32,33)(H,40,41). The molecule has 41 heavy (non-hydrogen) atoms. The monoisotopic (exact) mass is 544 g/mol. The van der Waals surface area contributed by atoms with Crippen LogP contribution in [0.4, 0.5) is 0 Å². The fourth-order valence-electron chi connectivity index (χ4n) is 4.87. The molecule has 0 saturated carbocycles. The first-order valence-corrected chi connectivity index (χ1v) is 13.1. The normalized spacial score (nSPS) is 14.3. The zero-order chi connectivity index (χ0) is 27.8. The molecule has 4 heterocycles. The number of aromatic nitrogens is 6. The van der Waals surface area contributed by atoms with Gasteiger partial charge in [-0.25, -0.2) is 14.2 Å². The van der Waals surface area contributed by atoms with E-state index in [9.17, 15) is 9.90 Å². The Labute approximate surface area is 234 Å². The molecule has 2 aliphatic rings. The third-order valence-corrected chi connectivity index (χ3v) is 6.97. The summed E-state index contributed by atoms with van der Waals surface area (Å²) >= 11 is 0. The van der Waals surface area contributed by atoms with Gasteiger partial charge in [-0.2, -0.15) is 0 Å². The van der Waals surface area contributed by atoms with Crippen molar-refractivity contribution in [1.29, 1.82) is 0 Å². The number of nitrogens with zero attached hydrogens (tertiary/aromatic N) is 8. The number of nitrogens with one attached hydrogen (secondary N) is 2. The predicted molar refractivity (Wildman–Crippen MR) is 153 cm³/mol. The summed E-state index contributed by atoms with van der Waals surface area (Å²) < 4.78 is 3.28. The minimum Gasteiger partial charge on any atom is -0.478 e. The molecule has 2 aliphatic heterocycles. The van der Waals surface area contributed by atoms with Gasteiger partial charge in [0.1, 0.15) is 23.1 Å². The first-order valence-electron chi connectivity index (χ1n) is 13.1. The highest BCUT2D eigenvalue weighted by Gasteiger charge is 2.18. The fraction of sp³-hybridized carbons (Fsp3) is 0.138. The van der Waals surface area contributed by atoms with Gasteiger partial charge in [0.05, 0.1) is 42.4 Å². The Kier molecular flexibility index (Phi) is 6.04. The smallest absolute Gasteiger partial charge is 0.336 e. The van der Waals surface area contributed by atoms with Crippen LogP contribution < -0.4 is 10.6 Å². The second-order valence-electron chi connectivity index (χ2n) is 9.57. The van der Waals surface area contributed by atoms with Crippen LogP contribution in [0.3, 0.4) is 0 Å². The van der Waals surface area contributed by atoms with Crippen molar-refractivity contribution in [2.24, 2.45) is 9.98 Å². The molecule has 0 aliphatic carbocycles. The van der Waals surface area contributed by atoms with Crippen LogP contribution in [0.5, 0.6) is 0 Å². The van der Waals surface area contributed by atoms with Crippen LogP contribution in [0, 0.1) is 0 Å². The third-order valence-electron chi connectivity index (χ3n) is 6.97. The van der Waals surface area contributed by atoms with Crippen molar-refractivity contribution < 1.29 is 9.90 Å². The molecule has 12 heteroatoms. The summed E-state index contributed by atoms with van der Waals surface area (Å²) in [6.07, 6.45) is 3.49. The van der Waals surface area contributed by atoms with Gasteiger partial charge in [-0.1, -0.05) is 22.6 Å². The van der Waals surface area contributed by atoms with Gasteiger partial charge in [-0.15, -0.1) is 10.2 Å². The van der Waals surface area contributed by atoms with Crippen molar-refractivity contribution in [3.05, 3.63) is 95.8 Å². The molecule has 5 aromatic rings. The highest BCUT2D eigenvalue weighted by atomic mass is 16.4. The summed E-state index contributed by atoms with van der Waals surface area (Å²) in [6, 6.07) is 20.8. The Morgan fingerprint density at radius 2 is 1.20 bits per heavy atom. The van der Waals surface area contributed by atoms with Crippen molar-refractivity contribution in [3.8, 4) is 33.9 Å². The number of rotatable bonds is 7. The minimum absolute atomic E-state index is 0.0963. The van der Waals surface area contributed by atoms with E-state index in [1.165, 1.54) is 0 Å². The number of carbonyl (C=O) groups is 1. The first kappa shape index (κ1) is 24.4. The van der Waals surface area contributed by atoms with Crippen molar-refractivity contribution in [2.45, 2.75) is 0 Å². The quantitative estimate of drug-likeness (QED) is 0.283. The number of hydrogen-bond acceptors (Lipinski definition) is 9. The van der Waals surface area contributed by atoms with Crippen LogP contribution in [0.2, 0.25) is 0 Å². The molecular formula is C29H24N10O2. The van der Waals surface area contributed by atoms with Gasteiger partial charge in [0.2, 0.25) is 0 Å². The van der Waals surface area contributed by atoms with Crippen LogP contribution >= 0.6 is 0 Å². The van der Waals surface area contributed by atoms with Gasteiger partial charge in [-0.3, -0.25) is 9.98 Å². The molecule has 0 bridgehead atoms. The molecule has 0 atom stereocenters. The van der Waals surface area contributed by atoms with E-state index in [2.05, 4.69) is 41.2 Å². The molecule has 0 radical (unpaired) electrons. The maximum Gasteiger partial charge on any atom is 0.336 e. The van der Waals surface area contributed by atoms with Crippen LogP contribution in [0.15, 0.2) is 89.1 Å². The molecular weight excluding hydrogens is 520 g/mol. The lowest BCUT2D eigenvalue weighted by molar-refractivity contribution is 0.0697. The zero-order valence-electron chi connectivity index (χ0n) is 21.8. The fourth-order valence-corrected chi connectivity index (χ4v) is 4.87. The maximum absolute atomic E-state index is 12.3. The highest BCUT2D eigenvalue weighted by molar-refractivity contribution is 6.00. The van der Waals surface area contributed by atoms with Gasteiger partial charge >= 0.3 is 5.97 Å². The Bertz CT molecular complexity index is 1820. The second kappa shape index (κ2) is 10.2. The largest absolute Gasteiger partial charge is 0.478 e. The highest BCUT2D eigenvalue weighted by Crippen LogP contribution is 2.28. The van der Waals surface area contributed by atoms with Crippen molar-refractivity contribution in [3.63, 3.8) is 0 Å². The van der Waals surface area contributed by atoms with Crippen LogP contribution in [0.25, 0.3) is 33.9 Å². The number of aliphatic imine (C=N–C) groups is 2. The lowest BCUT2D eigenvalue weighted by Crippen LogP contribution is -2.19. The number of benzene rings is 3. The average Bonchev–Trinajstić information content (AvgIpc) is 3.84. The van der Waals surface area contributed by atoms with E-state index in [0.717, 1.165) is 60.4 Å². The summed E-state index contributed by atoms with van der Waals surface area (Å²) in [6.45, 7) is 3.24. The van der Waals surface area contributed by atoms with E-state index >= 15 is 0 Å². The Morgan fingerprint density at radius 3 is 1.71 bits per heavy atom. The number of amidine groups is 2. The topological polar surface area (TPSA) is 148 Å². The molecule has 12 nitrogen and oxygen atoms in total. The summed E-state index contributed by atoms with van der Waals surface area (Å²) in [4.78, 5) is 21.1. The van der Waals surface area contributed by atoms with Gasteiger partial charge in [-0.05, 0) is 54.6 Å².